The third kappa shape index (κ3) is 4.61. The van der Waals surface area contributed by atoms with E-state index < -0.39 is 35.6 Å². The number of carbonyl (C=O) groups excluding carboxylic acids is 1. The van der Waals surface area contributed by atoms with Gasteiger partial charge in [0.15, 0.2) is 5.58 Å². The number of halogens is 4. The first-order chi connectivity index (χ1) is 15.2. The number of carbonyl (C=O) groups is 1. The molecule has 7 nitrogen and oxygen atoms in total. The molecule has 1 atom stereocenters. The van der Waals surface area contributed by atoms with Gasteiger partial charge in [0.1, 0.15) is 17.3 Å². The fourth-order valence-electron chi connectivity index (χ4n) is 3.09. The van der Waals surface area contributed by atoms with Crippen molar-refractivity contribution in [2.24, 2.45) is 0 Å². The zero-order valence-corrected chi connectivity index (χ0v) is 15.9. The van der Waals surface area contributed by atoms with E-state index in [-0.39, 0.29) is 27.9 Å². The van der Waals surface area contributed by atoms with E-state index in [0.717, 1.165) is 18.2 Å². The maximum atomic E-state index is 14.5. The van der Waals surface area contributed by atoms with Crippen LogP contribution >= 0.6 is 0 Å². The predicted octanol–water partition coefficient (Wildman–Crippen LogP) is 4.07. The summed E-state index contributed by atoms with van der Waals surface area (Å²) in [7, 11) is 0. The number of ether oxygens (including phenoxy) is 1. The van der Waals surface area contributed by atoms with Gasteiger partial charge in [-0.2, -0.15) is 0 Å². The molecule has 2 heterocycles. The van der Waals surface area contributed by atoms with Crippen LogP contribution < -0.4 is 15.8 Å². The van der Waals surface area contributed by atoms with Crippen molar-refractivity contribution in [3.05, 3.63) is 94.0 Å². The second kappa shape index (κ2) is 8.17. The first kappa shape index (κ1) is 21.1. The summed E-state index contributed by atoms with van der Waals surface area (Å²) in [6.45, 7) is 0. The van der Waals surface area contributed by atoms with Crippen LogP contribution in [0.25, 0.3) is 11.1 Å². The molecular weight excluding hydrogens is 434 g/mol. The molecule has 0 bridgehead atoms. The van der Waals surface area contributed by atoms with Crippen molar-refractivity contribution in [2.45, 2.75) is 12.4 Å². The van der Waals surface area contributed by atoms with Gasteiger partial charge in [0.25, 0.3) is 5.91 Å². The molecule has 0 radical (unpaired) electrons. The molecule has 0 aliphatic rings. The van der Waals surface area contributed by atoms with E-state index >= 15 is 0 Å². The topological polar surface area (TPSA) is 97.2 Å². The van der Waals surface area contributed by atoms with Crippen LogP contribution in [0.15, 0.2) is 70.0 Å². The number of benzene rings is 2. The molecule has 2 N–H and O–H groups in total. The lowest BCUT2D eigenvalue weighted by atomic mass is 10.0. The van der Waals surface area contributed by atoms with E-state index in [9.17, 15) is 27.2 Å². The Bertz CT molecular complexity index is 1330. The minimum absolute atomic E-state index is 0.132. The lowest BCUT2D eigenvalue weighted by Crippen LogP contribution is -2.30. The minimum Gasteiger partial charge on any atom is -0.408 e. The van der Waals surface area contributed by atoms with E-state index in [4.69, 9.17) is 4.42 Å². The molecule has 11 heteroatoms. The normalized spacial score (nSPS) is 12.5. The Morgan fingerprint density at radius 2 is 1.88 bits per heavy atom. The Morgan fingerprint density at radius 1 is 1.12 bits per heavy atom. The van der Waals surface area contributed by atoms with Crippen molar-refractivity contribution >= 4 is 17.0 Å². The van der Waals surface area contributed by atoms with Crippen LogP contribution in [0.3, 0.4) is 0 Å². The summed E-state index contributed by atoms with van der Waals surface area (Å²) in [5.41, 5.74) is 0.801. The van der Waals surface area contributed by atoms with Crippen LogP contribution in [-0.4, -0.2) is 22.2 Å². The number of rotatable bonds is 5. The van der Waals surface area contributed by atoms with Gasteiger partial charge in [0.05, 0.1) is 11.6 Å². The highest BCUT2D eigenvalue weighted by Crippen LogP contribution is 2.28. The number of oxazole rings is 1. The molecule has 1 amide bonds. The second-order valence-corrected chi connectivity index (χ2v) is 6.62. The van der Waals surface area contributed by atoms with Crippen LogP contribution in [0.1, 0.15) is 27.7 Å². The Kier molecular flexibility index (Phi) is 5.39. The number of fused-ring (bicyclic) bond motifs is 1. The second-order valence-electron chi connectivity index (χ2n) is 6.62. The quantitative estimate of drug-likeness (QED) is 0.450. The van der Waals surface area contributed by atoms with Crippen LogP contribution in [0.5, 0.6) is 5.75 Å². The van der Waals surface area contributed by atoms with Gasteiger partial charge >= 0.3 is 12.1 Å². The van der Waals surface area contributed by atoms with E-state index in [1.165, 1.54) is 42.6 Å². The molecule has 4 rings (SSSR count). The van der Waals surface area contributed by atoms with Gasteiger partial charge in [-0.05, 0) is 48.0 Å². The fraction of sp³-hybridized carbons (Fsp3) is 0.0952. The maximum absolute atomic E-state index is 14.5. The lowest BCUT2D eigenvalue weighted by Gasteiger charge is -2.20. The summed E-state index contributed by atoms with van der Waals surface area (Å²) in [6, 6.07) is 10.2. The number of nitrogens with one attached hydrogen (secondary N) is 2. The van der Waals surface area contributed by atoms with Crippen molar-refractivity contribution in [1.82, 2.24) is 15.3 Å². The highest BCUT2D eigenvalue weighted by molar-refractivity contribution is 5.97. The van der Waals surface area contributed by atoms with Gasteiger partial charge in [0, 0.05) is 11.8 Å². The van der Waals surface area contributed by atoms with Crippen LogP contribution in [-0.2, 0) is 0 Å². The molecule has 4 aromatic rings. The first-order valence-electron chi connectivity index (χ1n) is 9.09. The number of hydrogen-bond acceptors (Lipinski definition) is 5. The van der Waals surface area contributed by atoms with Gasteiger partial charge in [-0.25, -0.2) is 9.18 Å². The molecule has 0 spiro atoms. The number of hydrogen-bond donors (Lipinski definition) is 2. The summed E-state index contributed by atoms with van der Waals surface area (Å²) in [5, 5.41) is 2.62. The molecule has 32 heavy (non-hydrogen) atoms. The minimum atomic E-state index is -4.87. The monoisotopic (exact) mass is 447 g/mol. The number of H-pyrrole nitrogens is 1. The molecule has 0 saturated heterocycles. The zero-order chi connectivity index (χ0) is 22.9. The van der Waals surface area contributed by atoms with Crippen molar-refractivity contribution in [2.75, 3.05) is 0 Å². The first-order valence-corrected chi connectivity index (χ1v) is 9.09. The van der Waals surface area contributed by atoms with E-state index in [1.807, 2.05) is 0 Å². The van der Waals surface area contributed by atoms with E-state index in [2.05, 4.69) is 20.0 Å². The molecule has 2 aromatic carbocycles. The van der Waals surface area contributed by atoms with E-state index in [1.54, 1.807) is 0 Å². The van der Waals surface area contributed by atoms with Crippen LogP contribution in [0.4, 0.5) is 17.6 Å². The largest absolute Gasteiger partial charge is 0.573 e. The van der Waals surface area contributed by atoms with Crippen molar-refractivity contribution < 1.29 is 31.5 Å². The number of aromatic nitrogens is 2. The molecule has 0 aliphatic carbocycles. The lowest BCUT2D eigenvalue weighted by molar-refractivity contribution is -0.274. The van der Waals surface area contributed by atoms with Gasteiger partial charge in [0.2, 0.25) is 0 Å². The Hall–Kier alpha value is -4.15. The highest BCUT2D eigenvalue weighted by Gasteiger charge is 2.31. The highest BCUT2D eigenvalue weighted by atomic mass is 19.4. The molecule has 2 aromatic heterocycles. The standard InChI is InChI=1S/C21H13F4N3O4/c22-14-2-1-9-26-18(14)17(11-3-6-13(7-4-11)32-21(23,24)25)28-19(29)12-5-8-16-15(10-12)27-20(30)31-16/h1-10,17H,(H,27,30)(H,28,29). The molecule has 164 valence electrons. The summed E-state index contributed by atoms with van der Waals surface area (Å²) < 4.78 is 60.5. The van der Waals surface area contributed by atoms with Crippen LogP contribution in [0, 0.1) is 5.82 Å². The molecule has 0 fully saturated rings. The third-order valence-corrected chi connectivity index (χ3v) is 4.46. The molecule has 0 aliphatic heterocycles. The van der Waals surface area contributed by atoms with Gasteiger partial charge in [-0.1, -0.05) is 12.1 Å². The summed E-state index contributed by atoms with van der Waals surface area (Å²) in [4.78, 5) is 30.6. The number of pyridine rings is 1. The summed E-state index contributed by atoms with van der Waals surface area (Å²) >= 11 is 0. The molecule has 0 saturated carbocycles. The smallest absolute Gasteiger partial charge is 0.408 e. The maximum Gasteiger partial charge on any atom is 0.573 e. The third-order valence-electron chi connectivity index (χ3n) is 4.46. The molecular formula is C21H13F4N3O4. The number of nitrogens with zero attached hydrogens (tertiary/aromatic N) is 1. The van der Waals surface area contributed by atoms with Gasteiger partial charge < -0.3 is 14.5 Å². The van der Waals surface area contributed by atoms with E-state index in [0.29, 0.717) is 0 Å². The Morgan fingerprint density at radius 3 is 2.56 bits per heavy atom. The fourth-order valence-corrected chi connectivity index (χ4v) is 3.09. The summed E-state index contributed by atoms with van der Waals surface area (Å²) in [5.74, 6) is -2.52. The predicted molar refractivity (Wildman–Crippen MR) is 103 cm³/mol. The molecule has 1 unspecified atom stereocenters. The van der Waals surface area contributed by atoms with Crippen molar-refractivity contribution in [3.63, 3.8) is 0 Å². The zero-order valence-electron chi connectivity index (χ0n) is 15.9. The average molecular weight is 447 g/mol. The Labute approximate surface area is 176 Å². The Balaban J connectivity index is 1.67. The number of aromatic amines is 1. The van der Waals surface area contributed by atoms with Crippen molar-refractivity contribution in [3.8, 4) is 5.75 Å². The number of amides is 1. The SMILES string of the molecule is O=C(NC(c1ccc(OC(F)(F)F)cc1)c1ncccc1F)c1ccc2oc(=O)[nH]c2c1. The summed E-state index contributed by atoms with van der Waals surface area (Å²) in [6.07, 6.45) is -3.55. The van der Waals surface area contributed by atoms with Gasteiger partial charge in [-0.3, -0.25) is 14.8 Å². The van der Waals surface area contributed by atoms with Crippen LogP contribution in [0.2, 0.25) is 0 Å². The van der Waals surface area contributed by atoms with Gasteiger partial charge in [-0.15, -0.1) is 13.2 Å². The van der Waals surface area contributed by atoms with Crippen molar-refractivity contribution in [1.29, 1.82) is 0 Å². The average Bonchev–Trinajstić information content (AvgIpc) is 3.11. The number of alkyl halides is 3.